The van der Waals surface area contributed by atoms with Gasteiger partial charge in [0.2, 0.25) is 5.91 Å². The summed E-state index contributed by atoms with van der Waals surface area (Å²) in [7, 11) is 0. The standard InChI is InChI=1S/C13H26N2O/c1-4-8-11(2)14-12(3)13(16)15-9-6-5-7-10-15/h11-12,14H,4-10H2,1-3H3/t11?,12-/m0/s1. The molecule has 1 fully saturated rings. The molecule has 3 heteroatoms. The van der Waals surface area contributed by atoms with Gasteiger partial charge < -0.3 is 10.2 Å². The summed E-state index contributed by atoms with van der Waals surface area (Å²) in [5.74, 6) is 0.280. The maximum absolute atomic E-state index is 12.1. The summed E-state index contributed by atoms with van der Waals surface area (Å²) < 4.78 is 0. The lowest BCUT2D eigenvalue weighted by atomic mass is 10.1. The Hall–Kier alpha value is -0.570. The second-order valence-electron chi connectivity index (χ2n) is 4.96. The Labute approximate surface area is 99.6 Å². The average molecular weight is 226 g/mol. The van der Waals surface area contributed by atoms with Gasteiger partial charge in [0.15, 0.2) is 0 Å². The van der Waals surface area contributed by atoms with Crippen LogP contribution < -0.4 is 5.32 Å². The Kier molecular flexibility index (Phi) is 5.81. The predicted molar refractivity (Wildman–Crippen MR) is 67.4 cm³/mol. The topological polar surface area (TPSA) is 32.3 Å². The molecular weight excluding hydrogens is 200 g/mol. The molecule has 0 aromatic rings. The minimum atomic E-state index is -0.0281. The van der Waals surface area contributed by atoms with Crippen molar-refractivity contribution in [3.05, 3.63) is 0 Å². The Morgan fingerprint density at radius 1 is 1.25 bits per heavy atom. The molecule has 0 spiro atoms. The number of carbonyl (C=O) groups is 1. The molecule has 1 rings (SSSR count). The van der Waals surface area contributed by atoms with E-state index < -0.39 is 0 Å². The van der Waals surface area contributed by atoms with E-state index in [1.165, 1.54) is 25.7 Å². The van der Waals surface area contributed by atoms with Crippen LogP contribution >= 0.6 is 0 Å². The van der Waals surface area contributed by atoms with Crippen molar-refractivity contribution in [3.8, 4) is 0 Å². The molecule has 94 valence electrons. The van der Waals surface area contributed by atoms with Gasteiger partial charge in [-0.05, 0) is 39.5 Å². The first kappa shape index (κ1) is 13.5. The van der Waals surface area contributed by atoms with Gasteiger partial charge in [-0.2, -0.15) is 0 Å². The summed E-state index contributed by atoms with van der Waals surface area (Å²) in [6, 6.07) is 0.411. The van der Waals surface area contributed by atoms with Gasteiger partial charge in [0.05, 0.1) is 6.04 Å². The van der Waals surface area contributed by atoms with Crippen LogP contribution in [0.4, 0.5) is 0 Å². The molecule has 1 aliphatic heterocycles. The minimum absolute atomic E-state index is 0.0281. The highest BCUT2D eigenvalue weighted by atomic mass is 16.2. The number of carbonyl (C=O) groups excluding carboxylic acids is 1. The van der Waals surface area contributed by atoms with Crippen molar-refractivity contribution in [2.24, 2.45) is 0 Å². The molecular formula is C13H26N2O. The van der Waals surface area contributed by atoms with Crippen molar-refractivity contribution >= 4 is 5.91 Å². The molecule has 1 N–H and O–H groups in total. The van der Waals surface area contributed by atoms with Gasteiger partial charge >= 0.3 is 0 Å². The first-order chi connectivity index (χ1) is 7.65. The third-order valence-corrected chi connectivity index (χ3v) is 3.29. The van der Waals surface area contributed by atoms with Crippen molar-refractivity contribution in [2.75, 3.05) is 13.1 Å². The molecule has 16 heavy (non-hydrogen) atoms. The quantitative estimate of drug-likeness (QED) is 0.779. The molecule has 0 aliphatic carbocycles. The molecule has 3 nitrogen and oxygen atoms in total. The summed E-state index contributed by atoms with van der Waals surface area (Å²) in [4.78, 5) is 14.1. The Balaban J connectivity index is 2.34. The second kappa shape index (κ2) is 6.89. The molecule has 0 aromatic heterocycles. The summed E-state index contributed by atoms with van der Waals surface area (Å²) in [5.41, 5.74) is 0. The zero-order valence-electron chi connectivity index (χ0n) is 11.0. The molecule has 1 unspecified atom stereocenters. The molecule has 1 heterocycles. The first-order valence-electron chi connectivity index (χ1n) is 6.70. The van der Waals surface area contributed by atoms with Crippen LogP contribution in [0.15, 0.2) is 0 Å². The fourth-order valence-corrected chi connectivity index (χ4v) is 2.40. The van der Waals surface area contributed by atoms with E-state index >= 15 is 0 Å². The van der Waals surface area contributed by atoms with Crippen molar-refractivity contribution in [2.45, 2.75) is 65.0 Å². The van der Waals surface area contributed by atoms with E-state index in [0.29, 0.717) is 6.04 Å². The van der Waals surface area contributed by atoms with Crippen molar-refractivity contribution in [1.82, 2.24) is 10.2 Å². The summed E-state index contributed by atoms with van der Waals surface area (Å²) >= 11 is 0. The highest BCUT2D eigenvalue weighted by molar-refractivity contribution is 5.81. The highest BCUT2D eigenvalue weighted by Gasteiger charge is 2.22. The zero-order valence-corrected chi connectivity index (χ0v) is 11.0. The lowest BCUT2D eigenvalue weighted by molar-refractivity contribution is -0.134. The number of likely N-dealkylation sites (tertiary alicyclic amines) is 1. The second-order valence-corrected chi connectivity index (χ2v) is 4.96. The van der Waals surface area contributed by atoms with Crippen LogP contribution in [0.25, 0.3) is 0 Å². The molecule has 1 amide bonds. The van der Waals surface area contributed by atoms with E-state index in [-0.39, 0.29) is 11.9 Å². The normalized spacial score (nSPS) is 20.6. The smallest absolute Gasteiger partial charge is 0.239 e. The van der Waals surface area contributed by atoms with E-state index in [9.17, 15) is 4.79 Å². The fraction of sp³-hybridized carbons (Fsp3) is 0.923. The summed E-state index contributed by atoms with van der Waals surface area (Å²) in [5, 5.41) is 3.39. The van der Waals surface area contributed by atoms with Crippen molar-refractivity contribution < 1.29 is 4.79 Å². The van der Waals surface area contributed by atoms with Gasteiger partial charge in [-0.15, -0.1) is 0 Å². The molecule has 1 aliphatic rings. The Morgan fingerprint density at radius 2 is 1.88 bits per heavy atom. The van der Waals surface area contributed by atoms with Gasteiger partial charge in [0, 0.05) is 19.1 Å². The number of rotatable bonds is 5. The number of piperidine rings is 1. The maximum Gasteiger partial charge on any atom is 0.239 e. The summed E-state index contributed by atoms with van der Waals surface area (Å²) in [6.45, 7) is 8.22. The van der Waals surface area contributed by atoms with E-state index in [4.69, 9.17) is 0 Å². The lowest BCUT2D eigenvalue weighted by Crippen LogP contribution is -2.49. The minimum Gasteiger partial charge on any atom is -0.341 e. The number of nitrogens with one attached hydrogen (secondary N) is 1. The average Bonchev–Trinajstić information content (AvgIpc) is 2.29. The van der Waals surface area contributed by atoms with Crippen LogP contribution in [0, 0.1) is 0 Å². The predicted octanol–water partition coefficient (Wildman–Crippen LogP) is 2.17. The maximum atomic E-state index is 12.1. The van der Waals surface area contributed by atoms with Crippen molar-refractivity contribution in [1.29, 1.82) is 0 Å². The Morgan fingerprint density at radius 3 is 2.44 bits per heavy atom. The monoisotopic (exact) mass is 226 g/mol. The number of hydrogen-bond donors (Lipinski definition) is 1. The largest absolute Gasteiger partial charge is 0.341 e. The first-order valence-corrected chi connectivity index (χ1v) is 6.70. The van der Waals surface area contributed by atoms with E-state index in [1.54, 1.807) is 0 Å². The molecule has 2 atom stereocenters. The van der Waals surface area contributed by atoms with E-state index in [0.717, 1.165) is 19.5 Å². The Bertz CT molecular complexity index is 212. The number of nitrogens with zero attached hydrogens (tertiary/aromatic N) is 1. The third-order valence-electron chi connectivity index (χ3n) is 3.29. The fourth-order valence-electron chi connectivity index (χ4n) is 2.40. The van der Waals surface area contributed by atoms with Gasteiger partial charge in [0.1, 0.15) is 0 Å². The molecule has 0 bridgehead atoms. The highest BCUT2D eigenvalue weighted by Crippen LogP contribution is 2.10. The van der Waals surface area contributed by atoms with Crippen LogP contribution in [0.2, 0.25) is 0 Å². The molecule has 0 aromatic carbocycles. The van der Waals surface area contributed by atoms with Gasteiger partial charge in [-0.1, -0.05) is 13.3 Å². The third kappa shape index (κ3) is 4.12. The SMILES string of the molecule is CCCC(C)N[C@@H](C)C(=O)N1CCCCC1. The number of hydrogen-bond acceptors (Lipinski definition) is 2. The zero-order chi connectivity index (χ0) is 12.0. The van der Waals surface area contributed by atoms with Gasteiger partial charge in [-0.3, -0.25) is 4.79 Å². The lowest BCUT2D eigenvalue weighted by Gasteiger charge is -2.30. The van der Waals surface area contributed by atoms with Crippen LogP contribution in [0.3, 0.4) is 0 Å². The molecule has 0 radical (unpaired) electrons. The van der Waals surface area contributed by atoms with E-state index in [2.05, 4.69) is 19.2 Å². The van der Waals surface area contributed by atoms with E-state index in [1.807, 2.05) is 11.8 Å². The van der Waals surface area contributed by atoms with Crippen molar-refractivity contribution in [3.63, 3.8) is 0 Å². The van der Waals surface area contributed by atoms with Gasteiger partial charge in [-0.25, -0.2) is 0 Å². The summed E-state index contributed by atoms with van der Waals surface area (Å²) in [6.07, 6.45) is 5.92. The van der Waals surface area contributed by atoms with Crippen LogP contribution in [-0.4, -0.2) is 36.0 Å². The molecule has 1 saturated heterocycles. The van der Waals surface area contributed by atoms with Crippen LogP contribution in [0.1, 0.15) is 52.9 Å². The molecule has 0 saturated carbocycles. The number of amides is 1. The van der Waals surface area contributed by atoms with Gasteiger partial charge in [0.25, 0.3) is 0 Å². The van der Waals surface area contributed by atoms with Crippen LogP contribution in [0.5, 0.6) is 0 Å². The van der Waals surface area contributed by atoms with Crippen LogP contribution in [-0.2, 0) is 4.79 Å².